The molecule has 0 radical (unpaired) electrons. The number of nitrogens with zero attached hydrogens (tertiary/aromatic N) is 2. The van der Waals surface area contributed by atoms with E-state index in [1.807, 2.05) is 13.8 Å². The third-order valence-corrected chi connectivity index (χ3v) is 3.70. The van der Waals surface area contributed by atoms with E-state index in [2.05, 4.69) is 0 Å². The molecule has 1 N–H and O–H groups in total. The van der Waals surface area contributed by atoms with Crippen molar-refractivity contribution in [3.63, 3.8) is 0 Å². The van der Waals surface area contributed by atoms with Gasteiger partial charge in [0.1, 0.15) is 0 Å². The van der Waals surface area contributed by atoms with E-state index in [0.717, 1.165) is 6.42 Å². The molecule has 0 aromatic carbocycles. The maximum atomic E-state index is 12.4. The molecule has 1 aliphatic heterocycles. The number of carboxylic acids is 1. The van der Waals surface area contributed by atoms with Crippen molar-refractivity contribution < 1.29 is 19.4 Å². The van der Waals surface area contributed by atoms with Crippen LogP contribution in [0.2, 0.25) is 0 Å². The van der Waals surface area contributed by atoms with Gasteiger partial charge in [-0.3, -0.25) is 4.79 Å². The summed E-state index contributed by atoms with van der Waals surface area (Å²) in [4.78, 5) is 26.5. The highest BCUT2D eigenvalue weighted by Crippen LogP contribution is 2.19. The maximum Gasteiger partial charge on any atom is 0.320 e. The fourth-order valence-electron chi connectivity index (χ4n) is 2.35. The Morgan fingerprint density at radius 2 is 2.11 bits per heavy atom. The summed E-state index contributed by atoms with van der Waals surface area (Å²) in [6, 6.07) is -0.0559. The van der Waals surface area contributed by atoms with Gasteiger partial charge in [-0.05, 0) is 20.3 Å². The molecule has 1 fully saturated rings. The third-order valence-electron chi connectivity index (χ3n) is 3.70. The van der Waals surface area contributed by atoms with Crippen LogP contribution in [0.4, 0.5) is 4.79 Å². The Bertz CT molecular complexity index is 335. The SMILES string of the molecule is CCN(CC(C)C(=O)O)C(=O)N(C)C1CCOC1C. The highest BCUT2D eigenvalue weighted by Gasteiger charge is 2.33. The van der Waals surface area contributed by atoms with Crippen molar-refractivity contribution in [3.05, 3.63) is 0 Å². The normalized spacial score (nSPS) is 24.0. The van der Waals surface area contributed by atoms with Gasteiger partial charge in [-0.2, -0.15) is 0 Å². The number of rotatable bonds is 5. The van der Waals surface area contributed by atoms with Gasteiger partial charge in [-0.1, -0.05) is 6.92 Å². The Hall–Kier alpha value is -1.30. The number of ether oxygens (including phenoxy) is 1. The predicted octanol–water partition coefficient (Wildman–Crippen LogP) is 1.26. The van der Waals surface area contributed by atoms with Crippen molar-refractivity contribution in [2.24, 2.45) is 5.92 Å². The first-order valence-electron chi connectivity index (χ1n) is 6.74. The molecular weight excluding hydrogens is 248 g/mol. The highest BCUT2D eigenvalue weighted by atomic mass is 16.5. The molecule has 0 bridgehead atoms. The summed E-state index contributed by atoms with van der Waals surface area (Å²) in [7, 11) is 1.76. The molecule has 1 aliphatic rings. The number of carboxylic acid groups (broad SMARTS) is 1. The summed E-state index contributed by atoms with van der Waals surface area (Å²) in [6.45, 7) is 6.83. The zero-order valence-corrected chi connectivity index (χ0v) is 12.1. The Balaban J connectivity index is 2.64. The minimum absolute atomic E-state index is 0.0320. The summed E-state index contributed by atoms with van der Waals surface area (Å²) in [5, 5.41) is 8.93. The Morgan fingerprint density at radius 3 is 2.53 bits per heavy atom. The van der Waals surface area contributed by atoms with Crippen LogP contribution in [0.1, 0.15) is 27.2 Å². The molecule has 6 heteroatoms. The molecule has 0 saturated carbocycles. The second-order valence-electron chi connectivity index (χ2n) is 5.10. The molecule has 0 aromatic rings. The van der Waals surface area contributed by atoms with Crippen molar-refractivity contribution in [2.45, 2.75) is 39.3 Å². The van der Waals surface area contributed by atoms with Gasteiger partial charge in [-0.15, -0.1) is 0 Å². The molecule has 2 amide bonds. The van der Waals surface area contributed by atoms with Crippen LogP contribution in [0.15, 0.2) is 0 Å². The molecule has 6 nitrogen and oxygen atoms in total. The number of carbonyl (C=O) groups is 2. The average Bonchev–Trinajstić information content (AvgIpc) is 2.79. The second kappa shape index (κ2) is 6.75. The van der Waals surface area contributed by atoms with Crippen molar-refractivity contribution >= 4 is 12.0 Å². The number of hydrogen-bond donors (Lipinski definition) is 1. The van der Waals surface area contributed by atoms with E-state index in [4.69, 9.17) is 9.84 Å². The summed E-state index contributed by atoms with van der Waals surface area (Å²) >= 11 is 0. The zero-order chi connectivity index (χ0) is 14.6. The predicted molar refractivity (Wildman–Crippen MR) is 71.0 cm³/mol. The first-order chi connectivity index (χ1) is 8.88. The molecule has 1 rings (SSSR count). The van der Waals surface area contributed by atoms with Gasteiger partial charge in [0, 0.05) is 26.7 Å². The van der Waals surface area contributed by atoms with E-state index in [1.165, 1.54) is 0 Å². The Morgan fingerprint density at radius 1 is 1.47 bits per heavy atom. The van der Waals surface area contributed by atoms with E-state index in [1.54, 1.807) is 23.8 Å². The van der Waals surface area contributed by atoms with Crippen LogP contribution in [-0.4, -0.2) is 65.8 Å². The molecule has 19 heavy (non-hydrogen) atoms. The lowest BCUT2D eigenvalue weighted by Gasteiger charge is -2.33. The van der Waals surface area contributed by atoms with E-state index in [-0.39, 0.29) is 24.7 Å². The monoisotopic (exact) mass is 272 g/mol. The molecule has 110 valence electrons. The fraction of sp³-hybridized carbons (Fsp3) is 0.846. The average molecular weight is 272 g/mol. The van der Waals surface area contributed by atoms with Gasteiger partial charge < -0.3 is 19.6 Å². The molecule has 0 spiro atoms. The van der Waals surface area contributed by atoms with Gasteiger partial charge in [0.05, 0.1) is 18.1 Å². The number of hydrogen-bond acceptors (Lipinski definition) is 3. The molecule has 0 aliphatic carbocycles. The van der Waals surface area contributed by atoms with Crippen LogP contribution < -0.4 is 0 Å². The molecule has 0 aromatic heterocycles. The second-order valence-corrected chi connectivity index (χ2v) is 5.10. The maximum absolute atomic E-state index is 12.4. The van der Waals surface area contributed by atoms with Crippen molar-refractivity contribution in [2.75, 3.05) is 26.7 Å². The molecule has 1 heterocycles. The topological polar surface area (TPSA) is 70.1 Å². The quantitative estimate of drug-likeness (QED) is 0.818. The first-order valence-corrected chi connectivity index (χ1v) is 6.74. The van der Waals surface area contributed by atoms with Crippen LogP contribution >= 0.6 is 0 Å². The number of urea groups is 1. The third kappa shape index (κ3) is 3.83. The standard InChI is InChI=1S/C13H24N2O4/c1-5-15(8-9(2)12(16)17)13(18)14(4)11-6-7-19-10(11)3/h9-11H,5-8H2,1-4H3,(H,16,17). The van der Waals surface area contributed by atoms with E-state index in [9.17, 15) is 9.59 Å². The van der Waals surface area contributed by atoms with Gasteiger partial charge in [0.15, 0.2) is 0 Å². The van der Waals surface area contributed by atoms with E-state index < -0.39 is 11.9 Å². The molecular formula is C13H24N2O4. The van der Waals surface area contributed by atoms with Crippen LogP contribution in [0.3, 0.4) is 0 Å². The number of carbonyl (C=O) groups excluding carboxylic acids is 1. The number of aliphatic carboxylic acids is 1. The van der Waals surface area contributed by atoms with E-state index >= 15 is 0 Å². The van der Waals surface area contributed by atoms with Gasteiger partial charge >= 0.3 is 12.0 Å². The smallest absolute Gasteiger partial charge is 0.320 e. The first kappa shape index (κ1) is 15.8. The lowest BCUT2D eigenvalue weighted by atomic mass is 10.1. The lowest BCUT2D eigenvalue weighted by molar-refractivity contribution is -0.141. The Labute approximate surface area is 114 Å². The minimum Gasteiger partial charge on any atom is -0.481 e. The largest absolute Gasteiger partial charge is 0.481 e. The van der Waals surface area contributed by atoms with E-state index in [0.29, 0.717) is 13.2 Å². The minimum atomic E-state index is -0.883. The highest BCUT2D eigenvalue weighted by molar-refractivity contribution is 5.76. The van der Waals surface area contributed by atoms with Crippen LogP contribution in [0.5, 0.6) is 0 Å². The molecule has 3 unspecified atom stereocenters. The fourth-order valence-corrected chi connectivity index (χ4v) is 2.35. The lowest BCUT2D eigenvalue weighted by Crippen LogP contribution is -2.49. The van der Waals surface area contributed by atoms with Crippen LogP contribution in [0, 0.1) is 5.92 Å². The van der Waals surface area contributed by atoms with Gasteiger partial charge in [-0.25, -0.2) is 4.79 Å². The van der Waals surface area contributed by atoms with Crippen molar-refractivity contribution in [1.82, 2.24) is 9.80 Å². The molecule has 1 saturated heterocycles. The van der Waals surface area contributed by atoms with Crippen LogP contribution in [-0.2, 0) is 9.53 Å². The van der Waals surface area contributed by atoms with Crippen LogP contribution in [0.25, 0.3) is 0 Å². The number of likely N-dealkylation sites (N-methyl/N-ethyl adjacent to an activating group) is 1. The number of amides is 2. The summed E-state index contributed by atoms with van der Waals surface area (Å²) in [5.74, 6) is -1.44. The van der Waals surface area contributed by atoms with Crippen molar-refractivity contribution in [3.8, 4) is 0 Å². The van der Waals surface area contributed by atoms with Gasteiger partial charge in [0.25, 0.3) is 0 Å². The Kier molecular flexibility index (Phi) is 5.60. The van der Waals surface area contributed by atoms with Gasteiger partial charge in [0.2, 0.25) is 0 Å². The zero-order valence-electron chi connectivity index (χ0n) is 12.1. The summed E-state index contributed by atoms with van der Waals surface area (Å²) in [6.07, 6.45) is 0.861. The van der Waals surface area contributed by atoms with Crippen molar-refractivity contribution in [1.29, 1.82) is 0 Å². The summed E-state index contributed by atoms with van der Waals surface area (Å²) in [5.41, 5.74) is 0. The molecule has 3 atom stereocenters. The summed E-state index contributed by atoms with van der Waals surface area (Å²) < 4.78 is 5.46.